The lowest BCUT2D eigenvalue weighted by atomic mass is 9.77. The first-order chi connectivity index (χ1) is 25.4. The van der Waals surface area contributed by atoms with Crippen LogP contribution in [0, 0.1) is 0 Å². The summed E-state index contributed by atoms with van der Waals surface area (Å²) < 4.78 is 7.08. The highest BCUT2D eigenvalue weighted by Gasteiger charge is 2.37. The Bertz CT molecular complexity index is 2290. The van der Waals surface area contributed by atoms with Crippen molar-refractivity contribution in [1.82, 2.24) is 29.9 Å². The lowest BCUT2D eigenvalue weighted by Gasteiger charge is -2.41. The molecule has 7 rings (SSSR count). The van der Waals surface area contributed by atoms with Gasteiger partial charge in [-0.15, -0.1) is 0 Å². The van der Waals surface area contributed by atoms with Crippen molar-refractivity contribution in [3.05, 3.63) is 105 Å². The van der Waals surface area contributed by atoms with E-state index < -0.39 is 11.7 Å². The number of carbonyl (C=O) groups excluding carboxylic acids is 1. The molecule has 1 aliphatic heterocycles. The second kappa shape index (κ2) is 14.8. The summed E-state index contributed by atoms with van der Waals surface area (Å²) in [6, 6.07) is 19.9. The molecule has 1 saturated heterocycles. The molecule has 1 unspecified atom stereocenters. The first-order valence-electron chi connectivity index (χ1n) is 17.3. The summed E-state index contributed by atoms with van der Waals surface area (Å²) in [5.41, 5.74) is 4.82. The SMILES string of the molecule is COc1nc(-c2cccc(-c3cccc(-c4ccn5c(=O)cc(CNC6CC(C)(O)C6)nc5c4)c3Cl)c2Cl)ccc1CN(CC1CCC(=O)N1)C(=O)O. The molecule has 2 aliphatic rings. The van der Waals surface area contributed by atoms with Gasteiger partial charge in [0.25, 0.3) is 5.56 Å². The number of benzene rings is 2. The minimum atomic E-state index is -1.11. The van der Waals surface area contributed by atoms with Crippen molar-refractivity contribution in [3.63, 3.8) is 0 Å². The third-order valence-corrected chi connectivity index (χ3v) is 10.6. The molecule has 12 nitrogen and oxygen atoms in total. The molecule has 0 bridgehead atoms. The molecule has 0 spiro atoms. The largest absolute Gasteiger partial charge is 0.481 e. The van der Waals surface area contributed by atoms with Crippen LogP contribution in [0.1, 0.15) is 43.9 Å². The summed E-state index contributed by atoms with van der Waals surface area (Å²) in [5.74, 6) is 0.171. The number of rotatable bonds is 11. The van der Waals surface area contributed by atoms with Gasteiger partial charge in [-0.3, -0.25) is 14.0 Å². The van der Waals surface area contributed by atoms with E-state index in [0.717, 1.165) is 11.1 Å². The Labute approximate surface area is 315 Å². The minimum Gasteiger partial charge on any atom is -0.481 e. The molecule has 1 atom stereocenters. The zero-order chi connectivity index (χ0) is 37.4. The van der Waals surface area contributed by atoms with Crippen LogP contribution < -0.4 is 20.9 Å². The standard InChI is InChI=1S/C39H38Cl2N6O6/c1-39(52)17-26(18-39)42-19-25-16-34(49)47-14-13-22(15-32(47)43-25)27-5-3-6-28(35(27)40)29-7-4-8-30(36(29)41)31-11-9-23(37(45-31)53-2)20-46(38(50)51)21-24-10-12-33(48)44-24/h3-9,11,13-16,24,26,42,52H,10,12,17-21H2,1-2H3,(H,44,48)(H,50,51). The van der Waals surface area contributed by atoms with Crippen molar-refractivity contribution in [2.75, 3.05) is 13.7 Å². The van der Waals surface area contributed by atoms with Crippen molar-refractivity contribution in [2.24, 2.45) is 0 Å². The van der Waals surface area contributed by atoms with Crippen molar-refractivity contribution >= 4 is 40.8 Å². The van der Waals surface area contributed by atoms with E-state index in [2.05, 4.69) is 10.6 Å². The maximum Gasteiger partial charge on any atom is 0.407 e. The third-order valence-electron chi connectivity index (χ3n) is 9.83. The van der Waals surface area contributed by atoms with Gasteiger partial charge in [0.2, 0.25) is 11.8 Å². The van der Waals surface area contributed by atoms with E-state index in [-0.39, 0.29) is 42.5 Å². The Morgan fingerprint density at radius 1 is 1.02 bits per heavy atom. The molecule has 5 aromatic rings. The fraction of sp³-hybridized carbons (Fsp3) is 0.308. The molecule has 1 saturated carbocycles. The second-order valence-corrected chi connectivity index (χ2v) is 14.6. The van der Waals surface area contributed by atoms with Crippen LogP contribution in [0.2, 0.25) is 10.0 Å². The Balaban J connectivity index is 1.15. The van der Waals surface area contributed by atoms with Crippen LogP contribution in [0.5, 0.6) is 5.88 Å². The third kappa shape index (κ3) is 7.72. The molecule has 0 radical (unpaired) electrons. The van der Waals surface area contributed by atoms with Gasteiger partial charge in [0.15, 0.2) is 0 Å². The number of aromatic nitrogens is 3. The number of carboxylic acid groups (broad SMARTS) is 1. The topological polar surface area (TPSA) is 158 Å². The predicted octanol–water partition coefficient (Wildman–Crippen LogP) is 6.17. The highest BCUT2D eigenvalue weighted by molar-refractivity contribution is 6.39. The van der Waals surface area contributed by atoms with Gasteiger partial charge in [-0.25, -0.2) is 14.8 Å². The number of halogens is 2. The van der Waals surface area contributed by atoms with Crippen molar-refractivity contribution < 1.29 is 24.5 Å². The summed E-state index contributed by atoms with van der Waals surface area (Å²) in [4.78, 5) is 47.3. The summed E-state index contributed by atoms with van der Waals surface area (Å²) in [5, 5.41) is 27.0. The van der Waals surface area contributed by atoms with Crippen LogP contribution in [0.4, 0.5) is 4.79 Å². The molecule has 53 heavy (non-hydrogen) atoms. The monoisotopic (exact) mass is 756 g/mol. The van der Waals surface area contributed by atoms with E-state index in [1.807, 2.05) is 55.5 Å². The molecule has 14 heteroatoms. The van der Waals surface area contributed by atoms with Crippen LogP contribution in [-0.4, -0.2) is 72.8 Å². The molecule has 1 aliphatic carbocycles. The smallest absolute Gasteiger partial charge is 0.407 e. The fourth-order valence-electron chi connectivity index (χ4n) is 7.12. The number of nitrogens with one attached hydrogen (secondary N) is 2. The summed E-state index contributed by atoms with van der Waals surface area (Å²) in [6.07, 6.45) is 2.83. The Morgan fingerprint density at radius 2 is 1.72 bits per heavy atom. The molecule has 4 heterocycles. The average molecular weight is 758 g/mol. The Kier molecular flexibility index (Phi) is 10.1. The summed E-state index contributed by atoms with van der Waals surface area (Å²) >= 11 is 14.2. The average Bonchev–Trinajstić information content (AvgIpc) is 3.54. The van der Waals surface area contributed by atoms with E-state index in [4.69, 9.17) is 37.9 Å². The zero-order valence-electron chi connectivity index (χ0n) is 29.1. The van der Waals surface area contributed by atoms with Crippen molar-refractivity contribution in [1.29, 1.82) is 0 Å². The number of hydrogen-bond acceptors (Lipinski definition) is 8. The Hall–Kier alpha value is -5.01. The van der Waals surface area contributed by atoms with E-state index in [9.17, 15) is 24.6 Å². The summed E-state index contributed by atoms with van der Waals surface area (Å²) in [6.45, 7) is 2.40. The van der Waals surface area contributed by atoms with E-state index >= 15 is 0 Å². The normalized spacial score (nSPS) is 19.5. The number of hydrogen-bond donors (Lipinski definition) is 4. The number of carbonyl (C=O) groups is 2. The maximum absolute atomic E-state index is 12.9. The Morgan fingerprint density at radius 3 is 2.38 bits per heavy atom. The van der Waals surface area contributed by atoms with Crippen LogP contribution in [0.25, 0.3) is 39.2 Å². The number of methoxy groups -OCH3 is 1. The van der Waals surface area contributed by atoms with Gasteiger partial charge in [0, 0.05) is 71.7 Å². The van der Waals surface area contributed by atoms with Crippen LogP contribution in [0.15, 0.2) is 77.7 Å². The van der Waals surface area contributed by atoms with Crippen molar-refractivity contribution in [3.8, 4) is 39.4 Å². The van der Waals surface area contributed by atoms with Gasteiger partial charge in [-0.2, -0.15) is 0 Å². The highest BCUT2D eigenvalue weighted by atomic mass is 35.5. The number of nitrogens with zero attached hydrogens (tertiary/aromatic N) is 4. The molecule has 4 N–H and O–H groups in total. The predicted molar refractivity (Wildman–Crippen MR) is 202 cm³/mol. The molecular weight excluding hydrogens is 719 g/mol. The summed E-state index contributed by atoms with van der Waals surface area (Å²) in [7, 11) is 1.47. The minimum absolute atomic E-state index is 0.0239. The maximum atomic E-state index is 12.9. The van der Waals surface area contributed by atoms with Crippen molar-refractivity contribution in [2.45, 2.75) is 63.4 Å². The second-order valence-electron chi connectivity index (χ2n) is 13.9. The molecule has 2 aromatic carbocycles. The molecule has 274 valence electrons. The van der Waals surface area contributed by atoms with E-state index in [1.165, 1.54) is 22.5 Å². The molecule has 2 fully saturated rings. The quantitative estimate of drug-likeness (QED) is 0.124. The number of fused-ring (bicyclic) bond motifs is 1. The van der Waals surface area contributed by atoms with E-state index in [0.29, 0.717) is 81.6 Å². The number of ether oxygens (including phenoxy) is 1. The zero-order valence-corrected chi connectivity index (χ0v) is 30.6. The first-order valence-corrected chi connectivity index (χ1v) is 18.0. The van der Waals surface area contributed by atoms with Gasteiger partial charge >= 0.3 is 6.09 Å². The fourth-order valence-corrected chi connectivity index (χ4v) is 7.78. The highest BCUT2D eigenvalue weighted by Crippen LogP contribution is 2.42. The lowest BCUT2D eigenvalue weighted by Crippen LogP contribution is -2.51. The lowest BCUT2D eigenvalue weighted by molar-refractivity contribution is -0.119. The molecule has 3 aromatic heterocycles. The van der Waals surface area contributed by atoms with Gasteiger partial charge in [-0.1, -0.05) is 59.6 Å². The number of pyridine rings is 2. The first kappa shape index (κ1) is 36.4. The van der Waals surface area contributed by atoms with Gasteiger partial charge < -0.3 is 30.5 Å². The number of aliphatic hydroxyl groups is 1. The molecular formula is C39H38Cl2N6O6. The van der Waals surface area contributed by atoms with Crippen LogP contribution in [0.3, 0.4) is 0 Å². The van der Waals surface area contributed by atoms with E-state index in [1.54, 1.807) is 18.3 Å². The van der Waals surface area contributed by atoms with Crippen LogP contribution in [-0.2, 0) is 17.9 Å². The van der Waals surface area contributed by atoms with Gasteiger partial charge in [-0.05, 0) is 56.0 Å². The number of amides is 2. The molecule has 2 amide bonds. The van der Waals surface area contributed by atoms with Gasteiger partial charge in [0.1, 0.15) is 5.65 Å². The van der Waals surface area contributed by atoms with Crippen LogP contribution >= 0.6 is 23.2 Å². The van der Waals surface area contributed by atoms with Gasteiger partial charge in [0.05, 0.1) is 40.7 Å².